The lowest BCUT2D eigenvalue weighted by molar-refractivity contribution is 0.591. The molecule has 2 heterocycles. The average Bonchev–Trinajstić information content (AvgIpc) is 3.38. The van der Waals surface area contributed by atoms with Crippen molar-refractivity contribution in [3.05, 3.63) is 132 Å². The first-order valence-electron chi connectivity index (χ1n) is 16.0. The minimum Gasteiger partial charge on any atom is -0.309 e. The molecule has 0 aliphatic heterocycles. The Morgan fingerprint density at radius 1 is 0.444 bits per heavy atom. The third-order valence-corrected chi connectivity index (χ3v) is 9.48. The van der Waals surface area contributed by atoms with E-state index in [0.29, 0.717) is 0 Å². The second-order valence-electron chi connectivity index (χ2n) is 14.5. The van der Waals surface area contributed by atoms with Crippen molar-refractivity contribution < 1.29 is 0 Å². The molecule has 0 bridgehead atoms. The van der Waals surface area contributed by atoms with Crippen molar-refractivity contribution in [3.63, 3.8) is 0 Å². The van der Waals surface area contributed by atoms with Crippen molar-refractivity contribution in [2.45, 2.75) is 52.4 Å². The van der Waals surface area contributed by atoms with Gasteiger partial charge in [0.25, 0.3) is 0 Å². The first kappa shape index (κ1) is 27.6. The van der Waals surface area contributed by atoms with E-state index in [4.69, 9.17) is 4.98 Å². The number of pyridine rings is 1. The van der Waals surface area contributed by atoms with Gasteiger partial charge in [0.1, 0.15) is 0 Å². The number of benzene rings is 6. The summed E-state index contributed by atoms with van der Waals surface area (Å²) < 4.78 is 2.38. The topological polar surface area (TPSA) is 17.8 Å². The van der Waals surface area contributed by atoms with Crippen LogP contribution in [0.4, 0.5) is 0 Å². The van der Waals surface area contributed by atoms with Crippen LogP contribution >= 0.6 is 0 Å². The van der Waals surface area contributed by atoms with E-state index in [1.807, 2.05) is 0 Å². The Bertz CT molecular complexity index is 2390. The lowest BCUT2D eigenvalue weighted by Crippen LogP contribution is -2.11. The molecule has 2 aromatic heterocycles. The zero-order chi connectivity index (χ0) is 31.1. The van der Waals surface area contributed by atoms with Gasteiger partial charge in [-0.05, 0) is 86.6 Å². The molecule has 0 fully saturated rings. The largest absolute Gasteiger partial charge is 0.309 e. The molecule has 0 N–H and O–H groups in total. The first-order chi connectivity index (χ1) is 21.6. The molecule has 0 saturated carbocycles. The summed E-state index contributed by atoms with van der Waals surface area (Å²) in [6.07, 6.45) is 0. The van der Waals surface area contributed by atoms with Crippen LogP contribution in [0.2, 0.25) is 0 Å². The predicted octanol–water partition coefficient (Wildman–Crippen LogP) is 11.9. The fourth-order valence-electron chi connectivity index (χ4n) is 6.96. The standard InChI is InChI=1S/C43H38N2/c1-42(2,3)28-18-20-31-32-21-19-29(43(4,5)6)26-37(32)41-35(36(31)25-28)22-23-38(44-41)27-12-11-13-30(24-27)45-39-16-9-7-14-33(39)34-15-8-10-17-40(34)45/h7-26H,1-6H3. The molecule has 0 spiro atoms. The maximum atomic E-state index is 5.48. The highest BCUT2D eigenvalue weighted by molar-refractivity contribution is 6.24. The molecule has 8 rings (SSSR count). The van der Waals surface area contributed by atoms with Gasteiger partial charge in [-0.3, -0.25) is 0 Å². The minimum absolute atomic E-state index is 0.0415. The molecule has 0 amide bonds. The molecule has 6 aromatic carbocycles. The summed E-state index contributed by atoms with van der Waals surface area (Å²) in [7, 11) is 0. The smallest absolute Gasteiger partial charge is 0.0794 e. The molecule has 0 aliphatic rings. The van der Waals surface area contributed by atoms with Crippen molar-refractivity contribution in [1.29, 1.82) is 0 Å². The summed E-state index contributed by atoms with van der Waals surface area (Å²) in [5, 5.41) is 8.77. The highest BCUT2D eigenvalue weighted by Gasteiger charge is 2.20. The van der Waals surface area contributed by atoms with Crippen molar-refractivity contribution >= 4 is 54.3 Å². The minimum atomic E-state index is 0.0415. The van der Waals surface area contributed by atoms with Crippen LogP contribution in [0.3, 0.4) is 0 Å². The van der Waals surface area contributed by atoms with E-state index >= 15 is 0 Å². The van der Waals surface area contributed by atoms with Gasteiger partial charge in [-0.15, -0.1) is 0 Å². The van der Waals surface area contributed by atoms with Crippen LogP contribution in [0.15, 0.2) is 121 Å². The van der Waals surface area contributed by atoms with Crippen LogP contribution < -0.4 is 0 Å². The van der Waals surface area contributed by atoms with E-state index < -0.39 is 0 Å². The van der Waals surface area contributed by atoms with E-state index in [9.17, 15) is 0 Å². The number of hydrogen-bond donors (Lipinski definition) is 0. The van der Waals surface area contributed by atoms with Crippen LogP contribution in [0, 0.1) is 0 Å². The number of fused-ring (bicyclic) bond motifs is 9. The van der Waals surface area contributed by atoms with E-state index in [1.54, 1.807) is 0 Å². The second-order valence-corrected chi connectivity index (χ2v) is 14.5. The summed E-state index contributed by atoms with van der Waals surface area (Å²) in [6.45, 7) is 13.7. The van der Waals surface area contributed by atoms with Gasteiger partial charge in [0.15, 0.2) is 0 Å². The van der Waals surface area contributed by atoms with Gasteiger partial charge in [0.2, 0.25) is 0 Å². The van der Waals surface area contributed by atoms with E-state index in [0.717, 1.165) is 22.5 Å². The first-order valence-corrected chi connectivity index (χ1v) is 16.0. The van der Waals surface area contributed by atoms with Crippen molar-refractivity contribution in [2.75, 3.05) is 0 Å². The third-order valence-electron chi connectivity index (χ3n) is 9.48. The average molecular weight is 583 g/mol. The number of rotatable bonds is 2. The fraction of sp³-hybridized carbons (Fsp3) is 0.186. The summed E-state index contributed by atoms with van der Waals surface area (Å²) in [4.78, 5) is 5.48. The van der Waals surface area contributed by atoms with Crippen LogP contribution in [-0.4, -0.2) is 9.55 Å². The molecule has 0 unspecified atom stereocenters. The molecule has 0 aliphatic carbocycles. The molecular formula is C43H38N2. The van der Waals surface area contributed by atoms with Gasteiger partial charge in [0.05, 0.1) is 22.2 Å². The number of para-hydroxylation sites is 2. The Balaban J connectivity index is 1.39. The maximum Gasteiger partial charge on any atom is 0.0794 e. The highest BCUT2D eigenvalue weighted by Crippen LogP contribution is 2.40. The number of nitrogens with zero attached hydrogens (tertiary/aromatic N) is 2. The quantitative estimate of drug-likeness (QED) is 0.185. The Morgan fingerprint density at radius 3 is 1.62 bits per heavy atom. The highest BCUT2D eigenvalue weighted by atomic mass is 15.0. The van der Waals surface area contributed by atoms with Gasteiger partial charge < -0.3 is 4.57 Å². The molecular weight excluding hydrogens is 544 g/mol. The second kappa shape index (κ2) is 9.78. The van der Waals surface area contributed by atoms with Crippen LogP contribution in [0.25, 0.3) is 71.2 Å². The lowest BCUT2D eigenvalue weighted by Gasteiger charge is -2.22. The monoisotopic (exact) mass is 582 g/mol. The summed E-state index contributed by atoms with van der Waals surface area (Å²) in [5.74, 6) is 0. The molecule has 45 heavy (non-hydrogen) atoms. The molecule has 0 radical (unpaired) electrons. The molecule has 8 aromatic rings. The summed E-state index contributed by atoms with van der Waals surface area (Å²) >= 11 is 0. The normalized spacial score (nSPS) is 12.7. The van der Waals surface area contributed by atoms with Crippen molar-refractivity contribution in [1.82, 2.24) is 9.55 Å². The number of aromatic nitrogens is 2. The van der Waals surface area contributed by atoms with Gasteiger partial charge in [-0.1, -0.05) is 114 Å². The molecule has 0 saturated heterocycles. The van der Waals surface area contributed by atoms with Crippen molar-refractivity contribution in [3.8, 4) is 16.9 Å². The summed E-state index contributed by atoms with van der Waals surface area (Å²) in [5.41, 5.74) is 9.49. The number of hydrogen-bond acceptors (Lipinski definition) is 1. The Labute approximate surface area is 265 Å². The fourth-order valence-corrected chi connectivity index (χ4v) is 6.96. The van der Waals surface area contributed by atoms with Crippen LogP contribution in [-0.2, 0) is 10.8 Å². The third kappa shape index (κ3) is 4.43. The Kier molecular flexibility index (Phi) is 5.99. The zero-order valence-corrected chi connectivity index (χ0v) is 26.9. The van der Waals surface area contributed by atoms with E-state index in [2.05, 4.69) is 167 Å². The molecule has 0 atom stereocenters. The van der Waals surface area contributed by atoms with E-state index in [1.165, 1.54) is 59.9 Å². The van der Waals surface area contributed by atoms with Crippen LogP contribution in [0.1, 0.15) is 52.7 Å². The van der Waals surface area contributed by atoms with E-state index in [-0.39, 0.29) is 10.8 Å². The molecule has 2 heteroatoms. The summed E-state index contributed by atoms with van der Waals surface area (Å²) in [6, 6.07) is 44.7. The molecule has 220 valence electrons. The van der Waals surface area contributed by atoms with Crippen molar-refractivity contribution in [2.24, 2.45) is 0 Å². The molecule has 2 nitrogen and oxygen atoms in total. The predicted molar refractivity (Wildman–Crippen MR) is 194 cm³/mol. The lowest BCUT2D eigenvalue weighted by atomic mass is 9.83. The van der Waals surface area contributed by atoms with Crippen LogP contribution in [0.5, 0.6) is 0 Å². The zero-order valence-electron chi connectivity index (χ0n) is 26.9. The SMILES string of the molecule is CC(C)(C)c1ccc2c(c1)c1ccc(-c3cccc(-n4c5ccccc5c5ccccc54)c3)nc1c1cc(C(C)(C)C)ccc21. The van der Waals surface area contributed by atoms with Gasteiger partial charge in [-0.2, -0.15) is 0 Å². The van der Waals surface area contributed by atoms with Gasteiger partial charge in [0, 0.05) is 32.8 Å². The van der Waals surface area contributed by atoms with Gasteiger partial charge in [-0.25, -0.2) is 4.98 Å². The Morgan fingerprint density at radius 2 is 1.00 bits per heavy atom. The maximum absolute atomic E-state index is 5.48. The van der Waals surface area contributed by atoms with Gasteiger partial charge >= 0.3 is 0 Å². The Hall–Kier alpha value is -4.95.